The standard InChI is InChI=1S/C10H11BrN2/c1-6-10(11)8-4-7(5-12)2-3-9(8)13-6/h2-4,13H,5,12H2,1H3. The summed E-state index contributed by atoms with van der Waals surface area (Å²) >= 11 is 3.54. The van der Waals surface area contributed by atoms with Crippen molar-refractivity contribution >= 4 is 26.8 Å². The minimum absolute atomic E-state index is 0.590. The molecule has 2 nitrogen and oxygen atoms in total. The zero-order valence-corrected chi connectivity index (χ0v) is 8.98. The quantitative estimate of drug-likeness (QED) is 0.789. The van der Waals surface area contributed by atoms with Crippen LogP contribution < -0.4 is 5.73 Å². The molecule has 1 aromatic heterocycles. The highest BCUT2D eigenvalue weighted by Crippen LogP contribution is 2.27. The third-order valence-corrected chi connectivity index (χ3v) is 3.23. The number of halogens is 1. The van der Waals surface area contributed by atoms with Crippen LogP contribution >= 0.6 is 15.9 Å². The maximum absolute atomic E-state index is 5.57. The molecule has 1 heterocycles. The summed E-state index contributed by atoms with van der Waals surface area (Å²) in [6.45, 7) is 2.64. The van der Waals surface area contributed by atoms with Crippen molar-refractivity contribution in [2.24, 2.45) is 5.73 Å². The number of aromatic amines is 1. The Bertz CT molecular complexity index is 445. The van der Waals surface area contributed by atoms with Gasteiger partial charge in [-0.2, -0.15) is 0 Å². The largest absolute Gasteiger partial charge is 0.358 e. The number of aryl methyl sites for hydroxylation is 1. The predicted octanol–water partition coefficient (Wildman–Crippen LogP) is 2.70. The van der Waals surface area contributed by atoms with Crippen molar-refractivity contribution < 1.29 is 0 Å². The van der Waals surface area contributed by atoms with Crippen molar-refractivity contribution in [3.05, 3.63) is 33.9 Å². The van der Waals surface area contributed by atoms with Crippen molar-refractivity contribution in [1.29, 1.82) is 0 Å². The third kappa shape index (κ3) is 1.38. The van der Waals surface area contributed by atoms with E-state index in [4.69, 9.17) is 5.73 Å². The van der Waals surface area contributed by atoms with E-state index in [-0.39, 0.29) is 0 Å². The van der Waals surface area contributed by atoms with E-state index in [1.807, 2.05) is 13.0 Å². The Hall–Kier alpha value is -0.800. The van der Waals surface area contributed by atoms with Crippen LogP contribution in [0.2, 0.25) is 0 Å². The van der Waals surface area contributed by atoms with Crippen LogP contribution in [0.1, 0.15) is 11.3 Å². The first-order chi connectivity index (χ1) is 6.22. The van der Waals surface area contributed by atoms with Crippen molar-refractivity contribution in [3.8, 4) is 0 Å². The lowest BCUT2D eigenvalue weighted by Gasteiger charge is -1.96. The van der Waals surface area contributed by atoms with E-state index in [2.05, 4.69) is 33.0 Å². The number of benzene rings is 1. The summed E-state index contributed by atoms with van der Waals surface area (Å²) in [7, 11) is 0. The Morgan fingerprint density at radius 3 is 2.92 bits per heavy atom. The molecule has 2 aromatic rings. The number of nitrogens with two attached hydrogens (primary N) is 1. The van der Waals surface area contributed by atoms with E-state index in [1.165, 1.54) is 5.39 Å². The molecule has 0 spiro atoms. The van der Waals surface area contributed by atoms with Gasteiger partial charge in [-0.15, -0.1) is 0 Å². The average molecular weight is 239 g/mol. The van der Waals surface area contributed by atoms with Crippen LogP contribution in [0.3, 0.4) is 0 Å². The summed E-state index contributed by atoms with van der Waals surface area (Å²) in [4.78, 5) is 3.29. The second kappa shape index (κ2) is 3.16. The van der Waals surface area contributed by atoms with Crippen LogP contribution in [0.4, 0.5) is 0 Å². The van der Waals surface area contributed by atoms with Gasteiger partial charge in [-0.1, -0.05) is 6.07 Å². The normalized spacial score (nSPS) is 11.0. The molecular weight excluding hydrogens is 228 g/mol. The summed E-state index contributed by atoms with van der Waals surface area (Å²) in [6, 6.07) is 6.23. The molecule has 0 unspecified atom stereocenters. The highest BCUT2D eigenvalue weighted by molar-refractivity contribution is 9.10. The number of hydrogen-bond donors (Lipinski definition) is 2. The molecule has 3 heteroatoms. The fourth-order valence-electron chi connectivity index (χ4n) is 1.47. The molecule has 68 valence electrons. The number of fused-ring (bicyclic) bond motifs is 1. The van der Waals surface area contributed by atoms with E-state index in [9.17, 15) is 0 Å². The molecule has 2 rings (SSSR count). The van der Waals surface area contributed by atoms with Crippen LogP contribution in [0.15, 0.2) is 22.7 Å². The van der Waals surface area contributed by atoms with E-state index in [1.54, 1.807) is 0 Å². The minimum Gasteiger partial charge on any atom is -0.358 e. The average Bonchev–Trinajstić information content (AvgIpc) is 2.43. The van der Waals surface area contributed by atoms with Gasteiger partial charge in [0.1, 0.15) is 0 Å². The zero-order valence-electron chi connectivity index (χ0n) is 7.39. The van der Waals surface area contributed by atoms with E-state index >= 15 is 0 Å². The Labute approximate surface area is 85.3 Å². The number of H-pyrrole nitrogens is 1. The molecule has 1 aromatic carbocycles. The van der Waals surface area contributed by atoms with E-state index in [0.717, 1.165) is 21.2 Å². The SMILES string of the molecule is Cc1[nH]c2ccc(CN)cc2c1Br. The third-order valence-electron chi connectivity index (χ3n) is 2.21. The second-order valence-corrected chi connectivity index (χ2v) is 3.94. The lowest BCUT2D eigenvalue weighted by Crippen LogP contribution is -1.94. The Morgan fingerprint density at radius 1 is 1.46 bits per heavy atom. The topological polar surface area (TPSA) is 41.8 Å². The molecule has 0 aliphatic carbocycles. The number of aromatic nitrogens is 1. The van der Waals surface area contributed by atoms with E-state index < -0.39 is 0 Å². The van der Waals surface area contributed by atoms with Crippen LogP contribution in [-0.2, 0) is 6.54 Å². The van der Waals surface area contributed by atoms with Gasteiger partial charge < -0.3 is 10.7 Å². The summed E-state index contributed by atoms with van der Waals surface area (Å²) in [5.74, 6) is 0. The summed E-state index contributed by atoms with van der Waals surface area (Å²) in [5.41, 5.74) is 9.04. The van der Waals surface area contributed by atoms with Gasteiger partial charge in [0, 0.05) is 27.6 Å². The number of nitrogens with one attached hydrogen (secondary N) is 1. The molecule has 13 heavy (non-hydrogen) atoms. The van der Waals surface area contributed by atoms with Crippen molar-refractivity contribution in [2.45, 2.75) is 13.5 Å². The maximum Gasteiger partial charge on any atom is 0.0467 e. The van der Waals surface area contributed by atoms with Gasteiger partial charge in [-0.3, -0.25) is 0 Å². The van der Waals surface area contributed by atoms with Crippen LogP contribution in [0.5, 0.6) is 0 Å². The molecule has 3 N–H and O–H groups in total. The lowest BCUT2D eigenvalue weighted by molar-refractivity contribution is 1.08. The molecule has 0 bridgehead atoms. The van der Waals surface area contributed by atoms with Crippen molar-refractivity contribution in [1.82, 2.24) is 4.98 Å². The van der Waals surface area contributed by atoms with Crippen molar-refractivity contribution in [2.75, 3.05) is 0 Å². The first kappa shape index (κ1) is 8.78. The van der Waals surface area contributed by atoms with Crippen molar-refractivity contribution in [3.63, 3.8) is 0 Å². The van der Waals surface area contributed by atoms with Gasteiger partial charge in [0.15, 0.2) is 0 Å². The van der Waals surface area contributed by atoms with Gasteiger partial charge in [-0.25, -0.2) is 0 Å². The molecule has 0 saturated carbocycles. The molecule has 0 saturated heterocycles. The smallest absolute Gasteiger partial charge is 0.0467 e. The van der Waals surface area contributed by atoms with Gasteiger partial charge in [-0.05, 0) is 40.5 Å². The first-order valence-corrected chi connectivity index (χ1v) is 4.98. The van der Waals surface area contributed by atoms with Gasteiger partial charge >= 0.3 is 0 Å². The Morgan fingerprint density at radius 2 is 2.23 bits per heavy atom. The van der Waals surface area contributed by atoms with E-state index in [0.29, 0.717) is 6.54 Å². The molecule has 0 radical (unpaired) electrons. The number of hydrogen-bond acceptors (Lipinski definition) is 1. The molecular formula is C10H11BrN2. The van der Waals surface area contributed by atoms with Gasteiger partial charge in [0.05, 0.1) is 0 Å². The van der Waals surface area contributed by atoms with Gasteiger partial charge in [0.2, 0.25) is 0 Å². The Kier molecular flexibility index (Phi) is 2.14. The first-order valence-electron chi connectivity index (χ1n) is 4.19. The van der Waals surface area contributed by atoms with Crippen LogP contribution in [0.25, 0.3) is 10.9 Å². The fraction of sp³-hybridized carbons (Fsp3) is 0.200. The molecule has 0 atom stereocenters. The van der Waals surface area contributed by atoms with Crippen LogP contribution in [0, 0.1) is 6.92 Å². The highest BCUT2D eigenvalue weighted by atomic mass is 79.9. The van der Waals surface area contributed by atoms with Gasteiger partial charge in [0.25, 0.3) is 0 Å². The molecule has 0 aliphatic rings. The molecule has 0 aliphatic heterocycles. The fourth-order valence-corrected chi connectivity index (χ4v) is 1.90. The summed E-state index contributed by atoms with van der Waals surface area (Å²) in [5, 5.41) is 1.21. The molecule has 0 amide bonds. The lowest BCUT2D eigenvalue weighted by atomic mass is 10.1. The minimum atomic E-state index is 0.590. The van der Waals surface area contributed by atoms with Crippen LogP contribution in [-0.4, -0.2) is 4.98 Å². The zero-order chi connectivity index (χ0) is 9.42. The number of rotatable bonds is 1. The molecule has 0 fully saturated rings. The highest BCUT2D eigenvalue weighted by Gasteiger charge is 2.04. The summed E-state index contributed by atoms with van der Waals surface area (Å²) < 4.78 is 1.14. The second-order valence-electron chi connectivity index (χ2n) is 3.15. The monoisotopic (exact) mass is 238 g/mol. The summed E-state index contributed by atoms with van der Waals surface area (Å²) in [6.07, 6.45) is 0. The maximum atomic E-state index is 5.57. The predicted molar refractivity (Wildman–Crippen MR) is 58.6 cm³/mol. The Balaban J connectivity index is 2.75.